The van der Waals surface area contributed by atoms with Crippen LogP contribution in [-0.2, 0) is 19.1 Å². The Balaban J connectivity index is 1.83. The molecule has 0 spiro atoms. The van der Waals surface area contributed by atoms with Crippen molar-refractivity contribution in [1.29, 1.82) is 0 Å². The van der Waals surface area contributed by atoms with E-state index in [2.05, 4.69) is 0 Å². The lowest BCUT2D eigenvalue weighted by Crippen LogP contribution is -2.47. The van der Waals surface area contributed by atoms with E-state index in [0.29, 0.717) is 11.1 Å². The lowest BCUT2D eigenvalue weighted by molar-refractivity contribution is -0.178. The summed E-state index contributed by atoms with van der Waals surface area (Å²) in [6.45, 7) is 1.19. The maximum Gasteiger partial charge on any atom is 0.342 e. The van der Waals surface area contributed by atoms with Gasteiger partial charge in [-0.3, -0.25) is 9.59 Å². The van der Waals surface area contributed by atoms with Crippen molar-refractivity contribution in [3.05, 3.63) is 59.7 Å². The predicted molar refractivity (Wildman–Crippen MR) is 78.1 cm³/mol. The molecule has 2 aliphatic rings. The van der Waals surface area contributed by atoms with Crippen LogP contribution < -0.4 is 0 Å². The van der Waals surface area contributed by atoms with Crippen LogP contribution in [0.1, 0.15) is 29.1 Å². The predicted octanol–water partition coefficient (Wildman–Crippen LogP) is 1.46. The number of ketones is 1. The van der Waals surface area contributed by atoms with Crippen LogP contribution in [0, 0.1) is 5.92 Å². The van der Waals surface area contributed by atoms with Crippen LogP contribution >= 0.6 is 0 Å². The molecule has 3 atom stereocenters. The number of rotatable bonds is 3. The van der Waals surface area contributed by atoms with E-state index in [1.54, 1.807) is 24.3 Å². The summed E-state index contributed by atoms with van der Waals surface area (Å²) >= 11 is 0. The highest BCUT2D eigenvalue weighted by atomic mass is 16.7. The van der Waals surface area contributed by atoms with E-state index < -0.39 is 35.5 Å². The summed E-state index contributed by atoms with van der Waals surface area (Å²) in [5.41, 5.74) is -1.20. The summed E-state index contributed by atoms with van der Waals surface area (Å²) in [4.78, 5) is 35.8. The van der Waals surface area contributed by atoms with Gasteiger partial charge in [0.1, 0.15) is 5.92 Å². The first kappa shape index (κ1) is 15.2. The molecule has 0 fully saturated rings. The van der Waals surface area contributed by atoms with Gasteiger partial charge in [-0.25, -0.2) is 4.79 Å². The SMILES string of the molecule is CC(=O)C1(O)C=CC=CC1C(=O)OC1OC(=O)c2ccccc21. The monoisotopic (exact) mass is 314 g/mol. The van der Waals surface area contributed by atoms with Gasteiger partial charge in [-0.05, 0) is 19.1 Å². The lowest BCUT2D eigenvalue weighted by Gasteiger charge is -2.30. The number of carbonyl (C=O) groups excluding carboxylic acids is 3. The van der Waals surface area contributed by atoms with Crippen LogP contribution in [0.25, 0.3) is 0 Å². The van der Waals surface area contributed by atoms with Crippen LogP contribution in [0.2, 0.25) is 0 Å². The number of ether oxygens (including phenoxy) is 2. The van der Waals surface area contributed by atoms with Crippen LogP contribution in [0.3, 0.4) is 0 Å². The second kappa shape index (κ2) is 5.48. The fourth-order valence-electron chi connectivity index (χ4n) is 2.60. The quantitative estimate of drug-likeness (QED) is 0.850. The van der Waals surface area contributed by atoms with E-state index >= 15 is 0 Å². The summed E-state index contributed by atoms with van der Waals surface area (Å²) in [6, 6.07) is 6.55. The zero-order chi connectivity index (χ0) is 16.6. The normalized spacial score (nSPS) is 28.2. The Kier molecular flexibility index (Phi) is 3.61. The summed E-state index contributed by atoms with van der Waals surface area (Å²) in [7, 11) is 0. The Morgan fingerprint density at radius 2 is 2.00 bits per heavy atom. The number of aliphatic hydroxyl groups is 1. The zero-order valence-electron chi connectivity index (χ0n) is 12.3. The molecule has 1 aromatic carbocycles. The third-order valence-electron chi connectivity index (χ3n) is 3.93. The fourth-order valence-corrected chi connectivity index (χ4v) is 2.60. The molecule has 0 bridgehead atoms. The molecular formula is C17H14O6. The van der Waals surface area contributed by atoms with Crippen molar-refractivity contribution >= 4 is 17.7 Å². The molecule has 23 heavy (non-hydrogen) atoms. The summed E-state index contributed by atoms with van der Waals surface area (Å²) in [5, 5.41) is 10.4. The number of cyclic esters (lactones) is 1. The van der Waals surface area contributed by atoms with Gasteiger partial charge in [-0.15, -0.1) is 0 Å². The average Bonchev–Trinajstić information content (AvgIpc) is 2.84. The Hall–Kier alpha value is -2.73. The number of allylic oxidation sites excluding steroid dienone is 2. The van der Waals surface area contributed by atoms with Gasteiger partial charge in [-0.2, -0.15) is 0 Å². The minimum absolute atomic E-state index is 0.325. The molecule has 1 aromatic rings. The molecule has 1 aliphatic heterocycles. The second-order valence-electron chi connectivity index (χ2n) is 5.36. The van der Waals surface area contributed by atoms with Crippen molar-refractivity contribution in [2.24, 2.45) is 5.92 Å². The highest BCUT2D eigenvalue weighted by Crippen LogP contribution is 2.34. The topological polar surface area (TPSA) is 89.9 Å². The van der Waals surface area contributed by atoms with Crippen LogP contribution in [0.5, 0.6) is 0 Å². The third-order valence-corrected chi connectivity index (χ3v) is 3.93. The summed E-state index contributed by atoms with van der Waals surface area (Å²) < 4.78 is 10.2. The van der Waals surface area contributed by atoms with E-state index in [4.69, 9.17) is 9.47 Å². The van der Waals surface area contributed by atoms with Crippen molar-refractivity contribution in [2.75, 3.05) is 0 Å². The number of benzene rings is 1. The number of fused-ring (bicyclic) bond motifs is 1. The Morgan fingerprint density at radius 3 is 2.74 bits per heavy atom. The first-order valence-electron chi connectivity index (χ1n) is 7.03. The molecule has 6 nitrogen and oxygen atoms in total. The van der Waals surface area contributed by atoms with Gasteiger partial charge >= 0.3 is 11.9 Å². The Morgan fingerprint density at radius 1 is 1.26 bits per heavy atom. The van der Waals surface area contributed by atoms with Crippen molar-refractivity contribution in [2.45, 2.75) is 18.8 Å². The van der Waals surface area contributed by atoms with Crippen molar-refractivity contribution in [1.82, 2.24) is 0 Å². The molecule has 1 heterocycles. The van der Waals surface area contributed by atoms with Crippen molar-refractivity contribution in [3.63, 3.8) is 0 Å². The van der Waals surface area contributed by atoms with Crippen molar-refractivity contribution in [3.8, 4) is 0 Å². The van der Waals surface area contributed by atoms with Gasteiger partial charge in [-0.1, -0.05) is 36.4 Å². The van der Waals surface area contributed by atoms with E-state index in [-0.39, 0.29) is 0 Å². The van der Waals surface area contributed by atoms with Crippen LogP contribution in [0.4, 0.5) is 0 Å². The summed E-state index contributed by atoms with van der Waals surface area (Å²) in [5.74, 6) is -3.21. The highest BCUT2D eigenvalue weighted by molar-refractivity contribution is 5.96. The van der Waals surface area contributed by atoms with E-state index in [1.165, 1.54) is 31.2 Å². The zero-order valence-corrected chi connectivity index (χ0v) is 12.3. The molecule has 0 saturated carbocycles. The van der Waals surface area contributed by atoms with Gasteiger partial charge in [0.15, 0.2) is 11.4 Å². The molecule has 0 radical (unpaired) electrons. The molecular weight excluding hydrogens is 300 g/mol. The Bertz CT molecular complexity index is 747. The number of hydrogen-bond donors (Lipinski definition) is 1. The minimum Gasteiger partial charge on any atom is -0.420 e. The lowest BCUT2D eigenvalue weighted by atomic mass is 9.81. The third kappa shape index (κ3) is 2.47. The minimum atomic E-state index is -1.96. The van der Waals surface area contributed by atoms with Crippen LogP contribution in [-0.4, -0.2) is 28.4 Å². The van der Waals surface area contributed by atoms with Crippen molar-refractivity contribution < 1.29 is 29.0 Å². The number of hydrogen-bond acceptors (Lipinski definition) is 6. The van der Waals surface area contributed by atoms with E-state index in [0.717, 1.165) is 0 Å². The van der Waals surface area contributed by atoms with Gasteiger partial charge in [0, 0.05) is 5.56 Å². The van der Waals surface area contributed by atoms with Gasteiger partial charge in [0.05, 0.1) is 5.56 Å². The fraction of sp³-hybridized carbons (Fsp3) is 0.235. The molecule has 0 amide bonds. The molecule has 1 N–H and O–H groups in total. The van der Waals surface area contributed by atoms with Gasteiger partial charge < -0.3 is 14.6 Å². The van der Waals surface area contributed by atoms with Gasteiger partial charge in [0.25, 0.3) is 6.29 Å². The largest absolute Gasteiger partial charge is 0.420 e. The van der Waals surface area contributed by atoms with Crippen LogP contribution in [0.15, 0.2) is 48.6 Å². The van der Waals surface area contributed by atoms with E-state index in [1.807, 2.05) is 0 Å². The first-order chi connectivity index (χ1) is 10.9. The highest BCUT2D eigenvalue weighted by Gasteiger charge is 2.45. The average molecular weight is 314 g/mol. The molecule has 118 valence electrons. The smallest absolute Gasteiger partial charge is 0.342 e. The maximum absolute atomic E-state index is 12.4. The second-order valence-corrected chi connectivity index (χ2v) is 5.36. The molecule has 0 aromatic heterocycles. The molecule has 1 aliphatic carbocycles. The van der Waals surface area contributed by atoms with Gasteiger partial charge in [0.2, 0.25) is 0 Å². The first-order valence-corrected chi connectivity index (χ1v) is 7.03. The number of Topliss-reactive ketones (excluding diaryl/α,β-unsaturated/α-hetero) is 1. The molecule has 3 unspecified atom stereocenters. The van der Waals surface area contributed by atoms with E-state index in [9.17, 15) is 19.5 Å². The standard InChI is InChI=1S/C17H14O6/c1-10(18)17(21)9-5-4-8-13(17)15(20)23-16-12-7-3-2-6-11(12)14(19)22-16/h2-9,13,16,21H,1H3. The summed E-state index contributed by atoms with van der Waals surface area (Å²) in [6.07, 6.45) is 4.47. The molecule has 3 rings (SSSR count). The maximum atomic E-state index is 12.4. The Labute approximate surface area is 132 Å². The molecule has 0 saturated heterocycles. The number of carbonyl (C=O) groups is 3. The molecule has 6 heteroatoms. The number of esters is 2.